The molecule has 3 N–H and O–H groups in total. The molecule has 0 saturated carbocycles. The third-order valence-corrected chi connectivity index (χ3v) is 6.55. The number of para-hydroxylation sites is 3. The molecule has 0 bridgehead atoms. The van der Waals surface area contributed by atoms with E-state index in [1.54, 1.807) is 80.7 Å². The number of hydrogen-bond donors (Lipinski definition) is 3. The highest BCUT2D eigenvalue weighted by Crippen LogP contribution is 2.37. The fraction of sp³-hybridized carbons (Fsp3) is 0.222. The van der Waals surface area contributed by atoms with E-state index in [2.05, 4.69) is 10.6 Å². The first kappa shape index (κ1) is 26.6. The molecule has 0 fully saturated rings. The van der Waals surface area contributed by atoms with Crippen LogP contribution in [0.2, 0.25) is 10.0 Å². The van der Waals surface area contributed by atoms with Gasteiger partial charge in [0, 0.05) is 29.3 Å². The number of carbonyl (C=O) groups excluding carboxylic acids is 3. The number of amides is 3. The minimum absolute atomic E-state index is 0.0132. The lowest BCUT2D eigenvalue weighted by Gasteiger charge is -2.25. The summed E-state index contributed by atoms with van der Waals surface area (Å²) in [5.41, 5.74) is 2.12. The Balaban J connectivity index is 1.52. The molecular formula is C27H26Cl2N4O4. The molecule has 192 valence electrons. The maximum absolute atomic E-state index is 13.7. The quantitative estimate of drug-likeness (QED) is 0.395. The highest BCUT2D eigenvalue weighted by Gasteiger charge is 2.41. The molecule has 4 rings (SSSR count). The van der Waals surface area contributed by atoms with Crippen LogP contribution in [0.1, 0.15) is 18.6 Å². The fourth-order valence-electron chi connectivity index (χ4n) is 4.10. The van der Waals surface area contributed by atoms with Crippen molar-refractivity contribution >= 4 is 58.0 Å². The molecule has 3 aromatic carbocycles. The van der Waals surface area contributed by atoms with Crippen molar-refractivity contribution in [2.45, 2.75) is 25.1 Å². The van der Waals surface area contributed by atoms with Gasteiger partial charge in [0.15, 0.2) is 6.04 Å². The number of anilines is 3. The topological polar surface area (TPSA) is 102 Å². The highest BCUT2D eigenvalue weighted by molar-refractivity contribution is 6.34. The number of nitrogens with zero attached hydrogens (tertiary/aromatic N) is 2. The van der Waals surface area contributed by atoms with Crippen LogP contribution in [0.15, 0.2) is 72.8 Å². The predicted molar refractivity (Wildman–Crippen MR) is 144 cm³/mol. The zero-order chi connectivity index (χ0) is 26.7. The van der Waals surface area contributed by atoms with Gasteiger partial charge < -0.3 is 20.6 Å². The molecule has 0 aliphatic carbocycles. The first-order chi connectivity index (χ1) is 17.7. The van der Waals surface area contributed by atoms with Crippen LogP contribution in [0, 0.1) is 0 Å². The molecule has 3 unspecified atom stereocenters. The van der Waals surface area contributed by atoms with E-state index in [9.17, 15) is 19.5 Å². The van der Waals surface area contributed by atoms with E-state index in [0.29, 0.717) is 32.7 Å². The molecule has 37 heavy (non-hydrogen) atoms. The largest absolute Gasteiger partial charge is 0.387 e. The number of carbonyl (C=O) groups is 3. The molecule has 0 aromatic heterocycles. The molecule has 3 amide bonds. The van der Waals surface area contributed by atoms with Gasteiger partial charge in [0.1, 0.15) is 0 Å². The van der Waals surface area contributed by atoms with Gasteiger partial charge in [0.05, 0.1) is 23.5 Å². The van der Waals surface area contributed by atoms with Gasteiger partial charge in [0.25, 0.3) is 11.8 Å². The molecule has 3 aromatic rings. The Morgan fingerprint density at radius 1 is 0.946 bits per heavy atom. The third kappa shape index (κ3) is 5.78. The van der Waals surface area contributed by atoms with Crippen molar-refractivity contribution in [1.29, 1.82) is 0 Å². The van der Waals surface area contributed by atoms with Crippen molar-refractivity contribution in [3.05, 3.63) is 88.4 Å². The van der Waals surface area contributed by atoms with Crippen LogP contribution in [0.4, 0.5) is 17.1 Å². The van der Waals surface area contributed by atoms with Crippen LogP contribution in [-0.2, 0) is 14.4 Å². The van der Waals surface area contributed by atoms with Crippen molar-refractivity contribution in [2.24, 2.45) is 0 Å². The molecule has 1 heterocycles. The maximum atomic E-state index is 13.7. The lowest BCUT2D eigenvalue weighted by Crippen LogP contribution is -2.57. The van der Waals surface area contributed by atoms with E-state index >= 15 is 0 Å². The molecule has 10 heteroatoms. The number of aliphatic hydroxyl groups is 1. The van der Waals surface area contributed by atoms with E-state index in [-0.39, 0.29) is 6.54 Å². The molecule has 8 nitrogen and oxygen atoms in total. The molecule has 0 spiro atoms. The average molecular weight is 541 g/mol. The summed E-state index contributed by atoms with van der Waals surface area (Å²) in [7, 11) is 1.57. The van der Waals surface area contributed by atoms with Crippen LogP contribution < -0.4 is 20.4 Å². The number of nitrogens with one attached hydrogen (secondary N) is 2. The normalized spacial score (nSPS) is 17.2. The molecular weight excluding hydrogens is 515 g/mol. The van der Waals surface area contributed by atoms with Crippen molar-refractivity contribution < 1.29 is 19.5 Å². The lowest BCUT2D eigenvalue weighted by atomic mass is 10.1. The number of hydrogen-bond acceptors (Lipinski definition) is 5. The van der Waals surface area contributed by atoms with Crippen LogP contribution in [0.25, 0.3) is 0 Å². The van der Waals surface area contributed by atoms with Crippen molar-refractivity contribution in [2.75, 3.05) is 23.4 Å². The van der Waals surface area contributed by atoms with Crippen LogP contribution in [0.5, 0.6) is 0 Å². The van der Waals surface area contributed by atoms with Gasteiger partial charge in [-0.25, -0.2) is 0 Å². The Hall–Kier alpha value is -3.43. The summed E-state index contributed by atoms with van der Waals surface area (Å²) in [6.07, 6.45) is -0.984. The van der Waals surface area contributed by atoms with Gasteiger partial charge in [-0.1, -0.05) is 53.5 Å². The van der Waals surface area contributed by atoms with E-state index in [4.69, 9.17) is 23.2 Å². The molecule has 3 atom stereocenters. The Bertz CT molecular complexity index is 1300. The summed E-state index contributed by atoms with van der Waals surface area (Å²) < 4.78 is 0. The third-order valence-electron chi connectivity index (χ3n) is 6.11. The predicted octanol–water partition coefficient (Wildman–Crippen LogP) is 3.83. The molecule has 0 saturated heterocycles. The van der Waals surface area contributed by atoms with E-state index in [0.717, 1.165) is 0 Å². The number of likely N-dealkylation sites (N-methyl/N-ethyl adjacent to an activating group) is 1. The van der Waals surface area contributed by atoms with Gasteiger partial charge in [0.2, 0.25) is 5.91 Å². The number of fused-ring (bicyclic) bond motifs is 1. The van der Waals surface area contributed by atoms with Crippen molar-refractivity contribution in [3.63, 3.8) is 0 Å². The summed E-state index contributed by atoms with van der Waals surface area (Å²) >= 11 is 12.0. The summed E-state index contributed by atoms with van der Waals surface area (Å²) in [5, 5.41) is 16.8. The zero-order valence-corrected chi connectivity index (χ0v) is 21.7. The Labute approximate surface area is 224 Å². The summed E-state index contributed by atoms with van der Waals surface area (Å²) in [5.74, 6) is -1.72. The second-order valence-corrected chi connectivity index (χ2v) is 9.56. The molecule has 0 radical (unpaired) electrons. The molecule has 1 aliphatic rings. The van der Waals surface area contributed by atoms with Crippen LogP contribution in [0.3, 0.4) is 0 Å². The van der Waals surface area contributed by atoms with E-state index in [1.165, 1.54) is 9.80 Å². The Morgan fingerprint density at radius 3 is 2.19 bits per heavy atom. The standard InChI is InChI=1S/C27H26Cl2N4O4/c1-16(30-15-23(34)17-12-18(28)14-19(29)13-17)25(35)31-24-26(36)32(2)21-10-6-7-11-22(21)33(27(24)37)20-8-4-3-5-9-20/h3-14,16,23-24,30,34H,15H2,1-2H3,(H,31,35). The minimum atomic E-state index is -1.45. The number of benzene rings is 3. The summed E-state index contributed by atoms with van der Waals surface area (Å²) in [6, 6.07) is 18.4. The van der Waals surface area contributed by atoms with Crippen LogP contribution in [-0.4, -0.2) is 48.5 Å². The lowest BCUT2D eigenvalue weighted by molar-refractivity contribution is -0.134. The van der Waals surface area contributed by atoms with Crippen molar-refractivity contribution in [3.8, 4) is 0 Å². The van der Waals surface area contributed by atoms with Gasteiger partial charge in [-0.15, -0.1) is 0 Å². The van der Waals surface area contributed by atoms with Gasteiger partial charge in [-0.05, 0) is 55.0 Å². The second kappa shape index (κ2) is 11.3. The first-order valence-corrected chi connectivity index (χ1v) is 12.4. The minimum Gasteiger partial charge on any atom is -0.387 e. The smallest absolute Gasteiger partial charge is 0.264 e. The fourth-order valence-corrected chi connectivity index (χ4v) is 4.65. The number of aliphatic hydroxyl groups excluding tert-OH is 1. The summed E-state index contributed by atoms with van der Waals surface area (Å²) in [4.78, 5) is 42.9. The summed E-state index contributed by atoms with van der Waals surface area (Å²) in [6.45, 7) is 1.59. The first-order valence-electron chi connectivity index (χ1n) is 11.6. The number of halogens is 2. The van der Waals surface area contributed by atoms with E-state index < -0.39 is 35.9 Å². The van der Waals surface area contributed by atoms with Crippen molar-refractivity contribution in [1.82, 2.24) is 10.6 Å². The van der Waals surface area contributed by atoms with Crippen LogP contribution >= 0.6 is 23.2 Å². The van der Waals surface area contributed by atoms with Gasteiger partial charge in [-0.3, -0.25) is 19.3 Å². The zero-order valence-electron chi connectivity index (χ0n) is 20.2. The van der Waals surface area contributed by atoms with Gasteiger partial charge >= 0.3 is 0 Å². The Kier molecular flexibility index (Phi) is 8.14. The molecule has 1 aliphatic heterocycles. The monoisotopic (exact) mass is 540 g/mol. The Morgan fingerprint density at radius 2 is 1.54 bits per heavy atom. The highest BCUT2D eigenvalue weighted by atomic mass is 35.5. The maximum Gasteiger partial charge on any atom is 0.264 e. The SMILES string of the molecule is CC(NCC(O)c1cc(Cl)cc(Cl)c1)C(=O)NC1C(=O)N(C)c2ccccc2N(c2ccccc2)C1=O. The number of rotatable bonds is 7. The second-order valence-electron chi connectivity index (χ2n) is 8.69. The van der Waals surface area contributed by atoms with Gasteiger partial charge in [-0.2, -0.15) is 0 Å². The van der Waals surface area contributed by atoms with E-state index in [1.807, 2.05) is 6.07 Å². The average Bonchev–Trinajstić information content (AvgIpc) is 2.96.